The van der Waals surface area contributed by atoms with E-state index in [2.05, 4.69) is 5.32 Å². The molecule has 0 fully saturated rings. The van der Waals surface area contributed by atoms with E-state index in [0.717, 1.165) is 11.6 Å². The summed E-state index contributed by atoms with van der Waals surface area (Å²) in [5.74, 6) is -2.87. The molecule has 0 spiro atoms. The third-order valence-electron chi connectivity index (χ3n) is 8.48. The van der Waals surface area contributed by atoms with Gasteiger partial charge in [0.25, 0.3) is 11.8 Å². The summed E-state index contributed by atoms with van der Waals surface area (Å²) in [6.45, 7) is 0.418. The van der Waals surface area contributed by atoms with Gasteiger partial charge in [-0.2, -0.15) is 0 Å². The molecule has 4 aromatic rings. The number of hydrogen-bond acceptors (Lipinski definition) is 12. The van der Waals surface area contributed by atoms with Crippen molar-refractivity contribution in [1.29, 1.82) is 0 Å². The van der Waals surface area contributed by atoms with E-state index in [-0.39, 0.29) is 52.5 Å². The van der Waals surface area contributed by atoms with Crippen molar-refractivity contribution in [1.82, 2.24) is 10.2 Å². The molecule has 3 N–H and O–H groups in total. The normalized spacial score (nSPS) is 14.0. The average molecular weight is 792 g/mol. The van der Waals surface area contributed by atoms with Gasteiger partial charge in [-0.3, -0.25) is 9.59 Å². The number of amides is 2. The predicted molar refractivity (Wildman–Crippen MR) is 191 cm³/mol. The van der Waals surface area contributed by atoms with Gasteiger partial charge in [0, 0.05) is 49.6 Å². The molecule has 1 unspecified atom stereocenters. The molecule has 282 valence electrons. The van der Waals surface area contributed by atoms with Gasteiger partial charge in [-0.15, -0.1) is 0 Å². The van der Waals surface area contributed by atoms with Gasteiger partial charge in [-0.1, -0.05) is 41.4 Å². The number of esters is 1. The fraction of sp³-hybridized carbons (Fsp3) is 0.333. The molecule has 14 nitrogen and oxygen atoms in total. The van der Waals surface area contributed by atoms with Gasteiger partial charge in [0.2, 0.25) is 6.29 Å². The zero-order valence-electron chi connectivity index (χ0n) is 28.5. The van der Waals surface area contributed by atoms with Crippen LogP contribution < -0.4 is 5.32 Å². The Balaban J connectivity index is 1.34. The number of aliphatic hydroxyl groups excluding tert-OH is 2. The highest BCUT2D eigenvalue weighted by Crippen LogP contribution is 2.35. The molecule has 0 bridgehead atoms. The highest BCUT2D eigenvalue weighted by molar-refractivity contribution is 7.90. The van der Waals surface area contributed by atoms with E-state index in [1.165, 1.54) is 31.2 Å². The zero-order valence-corrected chi connectivity index (χ0v) is 30.9. The summed E-state index contributed by atoms with van der Waals surface area (Å²) in [4.78, 5) is 54.4. The molecule has 17 heteroatoms. The van der Waals surface area contributed by atoms with Crippen LogP contribution in [0.5, 0.6) is 0 Å². The summed E-state index contributed by atoms with van der Waals surface area (Å²) in [7, 11) is -3.62. The molecule has 3 aromatic carbocycles. The zero-order chi connectivity index (χ0) is 38.4. The van der Waals surface area contributed by atoms with Gasteiger partial charge in [-0.05, 0) is 59.5 Å². The largest absolute Gasteiger partial charge is 0.511 e. The summed E-state index contributed by atoms with van der Waals surface area (Å²) in [5, 5.41) is 21.7. The monoisotopic (exact) mass is 790 g/mol. The minimum Gasteiger partial charge on any atom is -0.464 e. The first-order valence-corrected chi connectivity index (χ1v) is 18.9. The standard InChI is InChI=1S/C36H36Cl2N2O12S/c1-20(52-36(46)50-19-22(17-41)18-42)51-35(45)29(13-21-4-3-5-26(12-21)53(2,47)48)39-33(43)31-28(37)14-25-16-40(10-8-27(25)32(31)38)34(44)24-7-6-23-9-11-49-30(23)15-24/h3-7,9,11-12,14-15,20,22,29,41-42H,8,10,13,16-19H2,1-2H3,(H,39,43)/t20?,29-/m0/s1. The topological polar surface area (TPSA) is 199 Å². The lowest BCUT2D eigenvalue weighted by atomic mass is 9.95. The van der Waals surface area contributed by atoms with Crippen molar-refractivity contribution in [2.75, 3.05) is 32.6 Å². The van der Waals surface area contributed by atoms with E-state index in [1.807, 2.05) is 0 Å². The molecular weight excluding hydrogens is 755 g/mol. The van der Waals surface area contributed by atoms with Crippen molar-refractivity contribution in [2.24, 2.45) is 5.92 Å². The van der Waals surface area contributed by atoms with Crippen molar-refractivity contribution < 1.29 is 56.4 Å². The Hall–Kier alpha value is -4.67. The summed E-state index contributed by atoms with van der Waals surface area (Å²) >= 11 is 13.4. The number of benzene rings is 3. The van der Waals surface area contributed by atoms with E-state index in [9.17, 15) is 27.6 Å². The Labute approximate surface area is 314 Å². The molecule has 2 atom stereocenters. The van der Waals surface area contributed by atoms with Crippen LogP contribution in [-0.4, -0.2) is 92.4 Å². The molecule has 2 heterocycles. The number of fused-ring (bicyclic) bond motifs is 2. The second-order valence-corrected chi connectivity index (χ2v) is 15.2. The summed E-state index contributed by atoms with van der Waals surface area (Å²) < 4.78 is 44.9. The molecular formula is C36H36Cl2N2O12S. The summed E-state index contributed by atoms with van der Waals surface area (Å²) in [6.07, 6.45) is -0.143. The highest BCUT2D eigenvalue weighted by atomic mass is 35.5. The van der Waals surface area contributed by atoms with E-state index < -0.39 is 59.3 Å². The molecule has 0 radical (unpaired) electrons. The van der Waals surface area contributed by atoms with Gasteiger partial charge in [0.15, 0.2) is 9.84 Å². The third-order valence-corrected chi connectivity index (χ3v) is 10.3. The minimum absolute atomic E-state index is 0.0215. The fourth-order valence-electron chi connectivity index (χ4n) is 5.65. The molecule has 0 saturated carbocycles. The summed E-state index contributed by atoms with van der Waals surface area (Å²) in [5.41, 5.74) is 2.46. The van der Waals surface area contributed by atoms with Crippen molar-refractivity contribution in [3.05, 3.63) is 98.7 Å². The lowest BCUT2D eigenvalue weighted by molar-refractivity contribution is -0.170. The number of aliphatic hydroxyl groups is 2. The maximum Gasteiger partial charge on any atom is 0.511 e. The van der Waals surface area contributed by atoms with Gasteiger partial charge in [0.1, 0.15) is 18.2 Å². The maximum absolute atomic E-state index is 13.8. The maximum atomic E-state index is 13.8. The molecule has 0 aliphatic carbocycles. The van der Waals surface area contributed by atoms with Crippen LogP contribution in [0.3, 0.4) is 0 Å². The fourth-order valence-corrected chi connectivity index (χ4v) is 7.11. The second-order valence-electron chi connectivity index (χ2n) is 12.4. The van der Waals surface area contributed by atoms with Crippen LogP contribution in [0.2, 0.25) is 10.0 Å². The molecule has 1 aliphatic heterocycles. The van der Waals surface area contributed by atoms with E-state index in [1.54, 1.807) is 41.5 Å². The molecule has 53 heavy (non-hydrogen) atoms. The molecule has 5 rings (SSSR count). The van der Waals surface area contributed by atoms with Crippen LogP contribution in [0.15, 0.2) is 70.2 Å². The predicted octanol–water partition coefficient (Wildman–Crippen LogP) is 4.33. The van der Waals surface area contributed by atoms with Crippen LogP contribution in [0.25, 0.3) is 11.0 Å². The number of rotatable bonds is 13. The average Bonchev–Trinajstić information content (AvgIpc) is 3.59. The van der Waals surface area contributed by atoms with Crippen LogP contribution in [0, 0.1) is 5.92 Å². The number of nitrogens with zero attached hydrogens (tertiary/aromatic N) is 1. The number of furan rings is 1. The van der Waals surface area contributed by atoms with E-state index >= 15 is 0 Å². The van der Waals surface area contributed by atoms with Crippen molar-refractivity contribution in [3.8, 4) is 0 Å². The Morgan fingerprint density at radius 3 is 2.49 bits per heavy atom. The smallest absolute Gasteiger partial charge is 0.464 e. The number of carbonyl (C=O) groups is 4. The first-order chi connectivity index (χ1) is 25.2. The SMILES string of the molecule is CC(OC(=O)OCC(CO)CO)OC(=O)[C@H](Cc1cccc(S(C)(=O)=O)c1)NC(=O)c1c(Cl)cc2c(c1Cl)CCN(C(=O)c1ccc3ccoc3c1)C2. The van der Waals surface area contributed by atoms with Crippen molar-refractivity contribution >= 4 is 67.9 Å². The van der Waals surface area contributed by atoms with Crippen LogP contribution in [0.1, 0.15) is 44.3 Å². The molecule has 0 saturated heterocycles. The highest BCUT2D eigenvalue weighted by Gasteiger charge is 2.32. The third kappa shape index (κ3) is 9.66. The van der Waals surface area contributed by atoms with Crippen molar-refractivity contribution in [2.45, 2.75) is 43.5 Å². The first kappa shape index (κ1) is 39.5. The number of hydrogen-bond donors (Lipinski definition) is 3. The Kier molecular flexibility index (Phi) is 12.7. The Morgan fingerprint density at radius 2 is 1.77 bits per heavy atom. The van der Waals surface area contributed by atoms with Crippen molar-refractivity contribution in [3.63, 3.8) is 0 Å². The van der Waals surface area contributed by atoms with Gasteiger partial charge in [0.05, 0.1) is 40.0 Å². The number of carbonyl (C=O) groups excluding carboxylic acids is 4. The first-order valence-electron chi connectivity index (χ1n) is 16.3. The van der Waals surface area contributed by atoms with Crippen LogP contribution >= 0.6 is 23.2 Å². The molecule has 2 amide bonds. The molecule has 1 aliphatic rings. The molecule has 1 aromatic heterocycles. The van der Waals surface area contributed by atoms with E-state index in [0.29, 0.717) is 34.3 Å². The van der Waals surface area contributed by atoms with Crippen LogP contribution in [-0.2, 0) is 48.2 Å². The van der Waals surface area contributed by atoms with Gasteiger partial charge >= 0.3 is 12.1 Å². The lowest BCUT2D eigenvalue weighted by Gasteiger charge is -2.30. The Bertz CT molecular complexity index is 2130. The van der Waals surface area contributed by atoms with E-state index in [4.69, 9.17) is 52.0 Å². The quantitative estimate of drug-likeness (QED) is 0.128. The number of halogens is 2. The number of sulfone groups is 1. The summed E-state index contributed by atoms with van der Waals surface area (Å²) in [6, 6.07) is 12.8. The lowest BCUT2D eigenvalue weighted by Crippen LogP contribution is -2.45. The minimum atomic E-state index is -3.62. The number of ether oxygens (including phenoxy) is 3. The van der Waals surface area contributed by atoms with Gasteiger partial charge < -0.3 is 39.1 Å². The Morgan fingerprint density at radius 1 is 1.02 bits per heavy atom. The second kappa shape index (κ2) is 17.0. The van der Waals surface area contributed by atoms with Gasteiger partial charge in [-0.25, -0.2) is 18.0 Å². The number of nitrogens with one attached hydrogen (secondary N) is 1. The van der Waals surface area contributed by atoms with Crippen LogP contribution in [0.4, 0.5) is 4.79 Å².